The molecule has 0 heterocycles. The zero-order chi connectivity index (χ0) is 14.0. The topological polar surface area (TPSA) is 35.2 Å². The SMILES string of the molecule is COc1ccc(Cl)cc1C(N)C1CCC(C)(C)CC1. The second kappa shape index (κ2) is 5.72. The summed E-state index contributed by atoms with van der Waals surface area (Å²) in [6.45, 7) is 4.68. The van der Waals surface area contributed by atoms with Crippen LogP contribution in [-0.4, -0.2) is 7.11 Å². The van der Waals surface area contributed by atoms with Crippen molar-refractivity contribution in [3.05, 3.63) is 28.8 Å². The molecule has 1 aliphatic rings. The van der Waals surface area contributed by atoms with Crippen molar-refractivity contribution < 1.29 is 4.74 Å². The molecule has 106 valence electrons. The van der Waals surface area contributed by atoms with E-state index in [1.165, 1.54) is 25.7 Å². The van der Waals surface area contributed by atoms with Crippen LogP contribution in [0.25, 0.3) is 0 Å². The molecular formula is C16H24ClNO. The third-order valence-corrected chi connectivity index (χ3v) is 4.68. The van der Waals surface area contributed by atoms with Crippen molar-refractivity contribution in [2.75, 3.05) is 7.11 Å². The lowest BCUT2D eigenvalue weighted by Gasteiger charge is -2.37. The largest absolute Gasteiger partial charge is 0.496 e. The summed E-state index contributed by atoms with van der Waals surface area (Å²) in [5.41, 5.74) is 7.97. The zero-order valence-corrected chi connectivity index (χ0v) is 12.8. The third kappa shape index (κ3) is 3.43. The van der Waals surface area contributed by atoms with Gasteiger partial charge in [-0.25, -0.2) is 0 Å². The average molecular weight is 282 g/mol. The quantitative estimate of drug-likeness (QED) is 0.881. The first-order chi connectivity index (χ1) is 8.93. The lowest BCUT2D eigenvalue weighted by Crippen LogP contribution is -2.29. The summed E-state index contributed by atoms with van der Waals surface area (Å²) >= 11 is 6.09. The van der Waals surface area contributed by atoms with Crippen LogP contribution in [0.2, 0.25) is 5.02 Å². The first-order valence-electron chi connectivity index (χ1n) is 7.02. The lowest BCUT2D eigenvalue weighted by atomic mass is 9.70. The monoisotopic (exact) mass is 281 g/mol. The molecule has 3 heteroatoms. The first-order valence-corrected chi connectivity index (χ1v) is 7.40. The van der Waals surface area contributed by atoms with Crippen LogP contribution in [0, 0.1) is 11.3 Å². The average Bonchev–Trinajstić information content (AvgIpc) is 2.38. The van der Waals surface area contributed by atoms with E-state index in [4.69, 9.17) is 22.1 Å². The summed E-state index contributed by atoms with van der Waals surface area (Å²) < 4.78 is 5.41. The minimum absolute atomic E-state index is 0.0183. The molecule has 1 aromatic rings. The van der Waals surface area contributed by atoms with Crippen LogP contribution in [0.15, 0.2) is 18.2 Å². The number of benzene rings is 1. The van der Waals surface area contributed by atoms with Crippen LogP contribution < -0.4 is 10.5 Å². The first kappa shape index (κ1) is 14.7. The van der Waals surface area contributed by atoms with Crippen LogP contribution in [0.5, 0.6) is 5.75 Å². The van der Waals surface area contributed by atoms with Crippen LogP contribution >= 0.6 is 11.6 Å². The van der Waals surface area contributed by atoms with Crippen LogP contribution in [-0.2, 0) is 0 Å². The van der Waals surface area contributed by atoms with Gasteiger partial charge in [0.2, 0.25) is 0 Å². The normalized spacial score (nSPS) is 21.1. The van der Waals surface area contributed by atoms with Crippen molar-refractivity contribution in [3.8, 4) is 5.75 Å². The Morgan fingerprint density at radius 3 is 2.53 bits per heavy atom. The van der Waals surface area contributed by atoms with Gasteiger partial charge in [0.25, 0.3) is 0 Å². The fourth-order valence-corrected chi connectivity index (χ4v) is 3.18. The zero-order valence-electron chi connectivity index (χ0n) is 12.1. The molecule has 1 unspecified atom stereocenters. The molecule has 19 heavy (non-hydrogen) atoms. The molecule has 1 saturated carbocycles. The van der Waals surface area contributed by atoms with E-state index < -0.39 is 0 Å². The predicted molar refractivity (Wildman–Crippen MR) is 80.7 cm³/mol. The summed E-state index contributed by atoms with van der Waals surface area (Å²) in [6, 6.07) is 5.72. The minimum Gasteiger partial charge on any atom is -0.496 e. The van der Waals surface area contributed by atoms with Crippen LogP contribution in [0.1, 0.15) is 51.1 Å². The molecule has 1 fully saturated rings. The molecule has 0 radical (unpaired) electrons. The van der Waals surface area contributed by atoms with Gasteiger partial charge in [-0.05, 0) is 55.2 Å². The number of rotatable bonds is 3. The van der Waals surface area contributed by atoms with E-state index in [-0.39, 0.29) is 6.04 Å². The highest BCUT2D eigenvalue weighted by Crippen LogP contribution is 2.43. The fraction of sp³-hybridized carbons (Fsp3) is 0.625. The van der Waals surface area contributed by atoms with Crippen molar-refractivity contribution in [1.29, 1.82) is 0 Å². The highest BCUT2D eigenvalue weighted by atomic mass is 35.5. The Morgan fingerprint density at radius 2 is 1.95 bits per heavy atom. The van der Waals surface area contributed by atoms with Crippen molar-refractivity contribution in [2.24, 2.45) is 17.1 Å². The van der Waals surface area contributed by atoms with Gasteiger partial charge in [0, 0.05) is 16.6 Å². The Hall–Kier alpha value is -0.730. The van der Waals surface area contributed by atoms with Crippen molar-refractivity contribution in [1.82, 2.24) is 0 Å². The molecule has 2 rings (SSSR count). The number of hydrogen-bond donors (Lipinski definition) is 1. The van der Waals surface area contributed by atoms with Gasteiger partial charge >= 0.3 is 0 Å². The fourth-order valence-electron chi connectivity index (χ4n) is 3.00. The number of nitrogens with two attached hydrogens (primary N) is 1. The number of halogens is 1. The van der Waals surface area contributed by atoms with Crippen LogP contribution in [0.4, 0.5) is 0 Å². The lowest BCUT2D eigenvalue weighted by molar-refractivity contribution is 0.172. The summed E-state index contributed by atoms with van der Waals surface area (Å²) in [4.78, 5) is 0. The molecule has 0 aromatic heterocycles. The second-order valence-corrected chi connectivity index (χ2v) is 6.85. The smallest absolute Gasteiger partial charge is 0.123 e. The van der Waals surface area contributed by atoms with Gasteiger partial charge in [-0.2, -0.15) is 0 Å². The molecule has 2 nitrogen and oxygen atoms in total. The molecule has 1 atom stereocenters. The van der Waals surface area contributed by atoms with Gasteiger partial charge in [0.15, 0.2) is 0 Å². The van der Waals surface area contributed by atoms with E-state index in [9.17, 15) is 0 Å². The van der Waals surface area contributed by atoms with E-state index >= 15 is 0 Å². The molecule has 0 amide bonds. The van der Waals surface area contributed by atoms with Gasteiger partial charge in [-0.3, -0.25) is 0 Å². The molecule has 0 spiro atoms. The van der Waals surface area contributed by atoms with Gasteiger partial charge in [0.1, 0.15) is 5.75 Å². The maximum Gasteiger partial charge on any atom is 0.123 e. The van der Waals surface area contributed by atoms with Crippen molar-refractivity contribution in [2.45, 2.75) is 45.6 Å². The summed E-state index contributed by atoms with van der Waals surface area (Å²) in [5.74, 6) is 1.38. The standard InChI is InChI=1S/C16H24ClNO/c1-16(2)8-6-11(7-9-16)15(18)13-10-12(17)4-5-14(13)19-3/h4-5,10-11,15H,6-9,18H2,1-3H3. The molecule has 2 N–H and O–H groups in total. The molecule has 0 saturated heterocycles. The van der Waals surface area contributed by atoms with Gasteiger partial charge in [0.05, 0.1) is 7.11 Å². The van der Waals surface area contributed by atoms with Crippen LogP contribution in [0.3, 0.4) is 0 Å². The van der Waals surface area contributed by atoms with E-state index in [1.807, 2.05) is 18.2 Å². The minimum atomic E-state index is 0.0183. The summed E-state index contributed by atoms with van der Waals surface area (Å²) in [7, 11) is 1.68. The third-order valence-electron chi connectivity index (χ3n) is 4.44. The second-order valence-electron chi connectivity index (χ2n) is 6.41. The highest BCUT2D eigenvalue weighted by Gasteiger charge is 2.31. The van der Waals surface area contributed by atoms with Crippen molar-refractivity contribution in [3.63, 3.8) is 0 Å². The number of ether oxygens (including phenoxy) is 1. The molecule has 0 bridgehead atoms. The maximum atomic E-state index is 6.46. The Balaban J connectivity index is 2.16. The Kier molecular flexibility index (Phi) is 4.42. The van der Waals surface area contributed by atoms with E-state index in [1.54, 1.807) is 7.11 Å². The summed E-state index contributed by atoms with van der Waals surface area (Å²) in [6.07, 6.45) is 4.86. The maximum absolute atomic E-state index is 6.46. The predicted octanol–water partition coefficient (Wildman–Crippen LogP) is 4.56. The molecule has 1 aliphatic carbocycles. The van der Waals surface area contributed by atoms with E-state index in [2.05, 4.69) is 13.8 Å². The van der Waals surface area contributed by atoms with E-state index in [0.29, 0.717) is 11.3 Å². The molecular weight excluding hydrogens is 258 g/mol. The Morgan fingerprint density at radius 1 is 1.32 bits per heavy atom. The van der Waals surface area contributed by atoms with Gasteiger partial charge < -0.3 is 10.5 Å². The van der Waals surface area contributed by atoms with E-state index in [0.717, 1.165) is 16.3 Å². The number of hydrogen-bond acceptors (Lipinski definition) is 2. The Bertz CT molecular complexity index is 434. The Labute approximate surface area is 121 Å². The van der Waals surface area contributed by atoms with Crippen molar-refractivity contribution >= 4 is 11.6 Å². The molecule has 1 aromatic carbocycles. The summed E-state index contributed by atoms with van der Waals surface area (Å²) in [5, 5.41) is 0.724. The highest BCUT2D eigenvalue weighted by molar-refractivity contribution is 6.30. The molecule has 0 aliphatic heterocycles. The van der Waals surface area contributed by atoms with Gasteiger partial charge in [-0.1, -0.05) is 25.4 Å². The number of methoxy groups -OCH3 is 1. The van der Waals surface area contributed by atoms with Gasteiger partial charge in [-0.15, -0.1) is 0 Å².